The van der Waals surface area contributed by atoms with Gasteiger partial charge in [0, 0.05) is 0 Å². The molecule has 5 rings (SSSR count). The zero-order valence-corrected chi connectivity index (χ0v) is 20.9. The van der Waals surface area contributed by atoms with E-state index in [9.17, 15) is 14.4 Å². The molecule has 1 aliphatic heterocycles. The molecule has 0 saturated heterocycles. The third kappa shape index (κ3) is 3.65. The fraction of sp³-hybridized carbons (Fsp3) is 0.259. The number of methoxy groups -OCH3 is 1. The Morgan fingerprint density at radius 3 is 2.49 bits per heavy atom. The first kappa shape index (κ1) is 23.0. The first-order valence-electron chi connectivity index (χ1n) is 11.3. The van der Waals surface area contributed by atoms with E-state index in [0.29, 0.717) is 32.6 Å². The number of nitrogens with zero attached hydrogens (tertiary/aromatic N) is 2. The Morgan fingerprint density at radius 2 is 1.83 bits per heavy atom. The van der Waals surface area contributed by atoms with Gasteiger partial charge in [0.2, 0.25) is 5.76 Å². The highest BCUT2D eigenvalue weighted by Crippen LogP contribution is 2.43. The van der Waals surface area contributed by atoms with Gasteiger partial charge < -0.3 is 9.15 Å². The summed E-state index contributed by atoms with van der Waals surface area (Å²) in [5, 5.41) is 0.727. The number of aryl methyl sites for hydroxylation is 2. The number of ether oxygens (including phenoxy) is 1. The maximum absolute atomic E-state index is 13.8. The summed E-state index contributed by atoms with van der Waals surface area (Å²) in [4.78, 5) is 46.0. The molecule has 1 aliphatic rings. The van der Waals surface area contributed by atoms with Crippen molar-refractivity contribution in [2.24, 2.45) is 0 Å². The van der Waals surface area contributed by atoms with Gasteiger partial charge in [-0.05, 0) is 43.0 Å². The van der Waals surface area contributed by atoms with Gasteiger partial charge >= 0.3 is 5.97 Å². The van der Waals surface area contributed by atoms with Crippen LogP contribution in [-0.2, 0) is 4.74 Å². The number of thiazole rings is 1. The highest BCUT2D eigenvalue weighted by atomic mass is 32.1. The molecule has 2 aromatic carbocycles. The van der Waals surface area contributed by atoms with Crippen molar-refractivity contribution >= 4 is 39.3 Å². The van der Waals surface area contributed by atoms with Crippen molar-refractivity contribution in [3.63, 3.8) is 0 Å². The fourth-order valence-electron chi connectivity index (χ4n) is 4.43. The topological polar surface area (TPSA) is 89.7 Å². The normalized spacial score (nSPS) is 15.2. The molecule has 4 aromatic rings. The standard InChI is InChI=1S/C27H24N2O5S/c1-13(2)16-7-9-17(10-8-16)21-20-22(30)18-12-14(3)6-11-19(18)34-23(20)25(31)29(21)27-28-15(4)24(35-27)26(32)33-5/h6-13,21H,1-5H3/t21-/m1/s1. The van der Waals surface area contributed by atoms with Crippen LogP contribution in [0, 0.1) is 13.8 Å². The molecule has 178 valence electrons. The minimum atomic E-state index is -0.740. The summed E-state index contributed by atoms with van der Waals surface area (Å²) in [7, 11) is 1.30. The molecule has 7 nitrogen and oxygen atoms in total. The maximum atomic E-state index is 13.8. The SMILES string of the molecule is COC(=O)c1sc(N2C(=O)c3oc4ccc(C)cc4c(=O)c3[C@H]2c2ccc(C(C)C)cc2)nc1C. The molecule has 2 aromatic heterocycles. The van der Waals surface area contributed by atoms with Gasteiger partial charge in [-0.3, -0.25) is 14.5 Å². The van der Waals surface area contributed by atoms with Crippen LogP contribution in [0.15, 0.2) is 51.7 Å². The maximum Gasteiger partial charge on any atom is 0.350 e. The van der Waals surface area contributed by atoms with E-state index in [1.54, 1.807) is 19.1 Å². The molecule has 0 fully saturated rings. The molecule has 1 amide bonds. The number of carbonyl (C=O) groups excluding carboxylic acids is 2. The number of rotatable bonds is 4. The van der Waals surface area contributed by atoms with E-state index in [0.717, 1.165) is 28.0 Å². The summed E-state index contributed by atoms with van der Waals surface area (Å²) in [6.07, 6.45) is 0. The second kappa shape index (κ2) is 8.46. The largest absolute Gasteiger partial charge is 0.465 e. The van der Waals surface area contributed by atoms with Crippen molar-refractivity contribution in [1.82, 2.24) is 4.98 Å². The number of carbonyl (C=O) groups is 2. The van der Waals surface area contributed by atoms with E-state index < -0.39 is 17.9 Å². The van der Waals surface area contributed by atoms with Crippen LogP contribution in [0.25, 0.3) is 11.0 Å². The summed E-state index contributed by atoms with van der Waals surface area (Å²) < 4.78 is 10.9. The molecule has 1 atom stereocenters. The summed E-state index contributed by atoms with van der Waals surface area (Å²) in [6, 6.07) is 12.4. The van der Waals surface area contributed by atoms with Crippen LogP contribution in [0.4, 0.5) is 5.13 Å². The number of aromatic nitrogens is 1. The van der Waals surface area contributed by atoms with Crippen LogP contribution in [-0.4, -0.2) is 24.0 Å². The number of benzene rings is 2. The Bertz CT molecular complexity index is 1550. The quantitative estimate of drug-likeness (QED) is 0.351. The second-order valence-corrected chi connectivity index (χ2v) is 9.95. The molecule has 0 saturated carbocycles. The second-order valence-electron chi connectivity index (χ2n) is 8.98. The average molecular weight is 489 g/mol. The molecule has 35 heavy (non-hydrogen) atoms. The van der Waals surface area contributed by atoms with Gasteiger partial charge in [-0.2, -0.15) is 0 Å². The van der Waals surface area contributed by atoms with Crippen LogP contribution < -0.4 is 10.3 Å². The van der Waals surface area contributed by atoms with Gasteiger partial charge in [0.25, 0.3) is 5.91 Å². The number of hydrogen-bond donors (Lipinski definition) is 0. The summed E-state index contributed by atoms with van der Waals surface area (Å²) in [5.41, 5.74) is 3.65. The lowest BCUT2D eigenvalue weighted by molar-refractivity contribution is 0.0605. The highest BCUT2D eigenvalue weighted by Gasteiger charge is 2.45. The van der Waals surface area contributed by atoms with Gasteiger partial charge in [-0.15, -0.1) is 0 Å². The molecular formula is C27H24N2O5S. The predicted octanol–water partition coefficient (Wildman–Crippen LogP) is 5.53. The van der Waals surface area contributed by atoms with Gasteiger partial charge in [-0.1, -0.05) is 61.1 Å². The molecule has 0 bridgehead atoms. The first-order chi connectivity index (χ1) is 16.7. The lowest BCUT2D eigenvalue weighted by Crippen LogP contribution is -2.29. The van der Waals surface area contributed by atoms with Crippen molar-refractivity contribution in [1.29, 1.82) is 0 Å². The molecule has 0 aliphatic carbocycles. The Labute approximate surface area is 206 Å². The van der Waals surface area contributed by atoms with Gasteiger partial charge in [0.05, 0.1) is 29.8 Å². The number of anilines is 1. The number of amides is 1. The Morgan fingerprint density at radius 1 is 1.11 bits per heavy atom. The lowest BCUT2D eigenvalue weighted by atomic mass is 9.95. The third-order valence-corrected chi connectivity index (χ3v) is 7.44. The van der Waals surface area contributed by atoms with E-state index in [1.807, 2.05) is 37.3 Å². The van der Waals surface area contributed by atoms with Crippen molar-refractivity contribution in [3.05, 3.63) is 91.3 Å². The number of hydrogen-bond acceptors (Lipinski definition) is 7. The summed E-state index contributed by atoms with van der Waals surface area (Å²) >= 11 is 1.06. The van der Waals surface area contributed by atoms with Crippen molar-refractivity contribution in [3.8, 4) is 0 Å². The molecule has 0 N–H and O–H groups in total. The minimum absolute atomic E-state index is 0.00300. The monoisotopic (exact) mass is 488 g/mol. The summed E-state index contributed by atoms with van der Waals surface area (Å²) in [6.45, 7) is 7.79. The van der Waals surface area contributed by atoms with Gasteiger partial charge in [0.1, 0.15) is 10.5 Å². The van der Waals surface area contributed by atoms with E-state index in [2.05, 4.69) is 18.8 Å². The number of esters is 1. The average Bonchev–Trinajstić information content (AvgIpc) is 3.36. The smallest absolute Gasteiger partial charge is 0.350 e. The fourth-order valence-corrected chi connectivity index (χ4v) is 5.44. The van der Waals surface area contributed by atoms with Crippen molar-refractivity contribution in [2.75, 3.05) is 12.0 Å². The highest BCUT2D eigenvalue weighted by molar-refractivity contribution is 7.17. The molecule has 0 radical (unpaired) electrons. The van der Waals surface area contributed by atoms with Crippen LogP contribution in [0.2, 0.25) is 0 Å². The van der Waals surface area contributed by atoms with E-state index in [4.69, 9.17) is 9.15 Å². The van der Waals surface area contributed by atoms with Crippen LogP contribution in [0.5, 0.6) is 0 Å². The predicted molar refractivity (Wildman–Crippen MR) is 135 cm³/mol. The Balaban J connectivity index is 1.76. The minimum Gasteiger partial charge on any atom is -0.465 e. The molecular weight excluding hydrogens is 464 g/mol. The molecule has 0 unspecified atom stereocenters. The third-order valence-electron chi connectivity index (χ3n) is 6.31. The van der Waals surface area contributed by atoms with Crippen LogP contribution in [0.3, 0.4) is 0 Å². The van der Waals surface area contributed by atoms with Gasteiger partial charge in [0.15, 0.2) is 10.6 Å². The number of fused-ring (bicyclic) bond motifs is 2. The summed E-state index contributed by atoms with van der Waals surface area (Å²) in [5.74, 6) is -0.665. The van der Waals surface area contributed by atoms with Crippen molar-refractivity contribution in [2.45, 2.75) is 39.7 Å². The first-order valence-corrected chi connectivity index (χ1v) is 12.1. The Kier molecular flexibility index (Phi) is 5.56. The van der Waals surface area contributed by atoms with Gasteiger partial charge in [-0.25, -0.2) is 9.78 Å². The van der Waals surface area contributed by atoms with Crippen LogP contribution in [0.1, 0.15) is 74.0 Å². The van der Waals surface area contributed by atoms with Crippen molar-refractivity contribution < 1.29 is 18.7 Å². The van der Waals surface area contributed by atoms with Crippen LogP contribution >= 0.6 is 11.3 Å². The molecule has 8 heteroatoms. The van der Waals surface area contributed by atoms with E-state index in [1.165, 1.54) is 12.0 Å². The van der Waals surface area contributed by atoms with E-state index >= 15 is 0 Å². The lowest BCUT2D eigenvalue weighted by Gasteiger charge is -2.23. The molecule has 3 heterocycles. The molecule has 0 spiro atoms. The van der Waals surface area contributed by atoms with E-state index in [-0.39, 0.29) is 16.8 Å². The zero-order valence-electron chi connectivity index (χ0n) is 20.0. The Hall–Kier alpha value is -3.78. The zero-order chi connectivity index (χ0) is 25.0.